The van der Waals surface area contributed by atoms with E-state index in [2.05, 4.69) is 53.3 Å². The van der Waals surface area contributed by atoms with Crippen molar-refractivity contribution in [2.45, 2.75) is 50.7 Å². The fraction of sp³-hybridized carbons (Fsp3) is 0.391. The average Bonchev–Trinajstić information content (AvgIpc) is 2.65. The molecule has 0 spiro atoms. The molecule has 0 heterocycles. The molecule has 0 aromatic rings. The smallest absolute Gasteiger partial charge is 0.138 e. The lowest BCUT2D eigenvalue weighted by atomic mass is 10.1. The molecule has 0 aromatic heterocycles. The van der Waals surface area contributed by atoms with Gasteiger partial charge in [0, 0.05) is 12.8 Å². The first-order chi connectivity index (χ1) is 12.7. The number of unbranched alkanes of at least 4 members (excludes halogenated alkanes) is 3. The van der Waals surface area contributed by atoms with Crippen molar-refractivity contribution in [3.63, 3.8) is 0 Å². The molecule has 3 heteroatoms. The Morgan fingerprint density at radius 2 is 1.65 bits per heavy atom. The van der Waals surface area contributed by atoms with Crippen molar-refractivity contribution in [3.05, 3.63) is 24.3 Å². The SMILES string of the molecule is C#C/C=C\CCC[C@@H](O)/C=C\C#CC#CCCCC#CC#C[C@H](O)CO. The van der Waals surface area contributed by atoms with Gasteiger partial charge in [0.25, 0.3) is 0 Å². The fourth-order valence-corrected chi connectivity index (χ4v) is 1.57. The fourth-order valence-electron chi connectivity index (χ4n) is 1.57. The van der Waals surface area contributed by atoms with E-state index in [0.717, 1.165) is 19.3 Å². The zero-order chi connectivity index (χ0) is 19.3. The third-order valence-corrected chi connectivity index (χ3v) is 2.88. The number of hydrogen-bond acceptors (Lipinski definition) is 3. The van der Waals surface area contributed by atoms with E-state index < -0.39 is 12.2 Å². The van der Waals surface area contributed by atoms with Crippen LogP contribution in [-0.2, 0) is 0 Å². The predicted octanol–water partition coefficient (Wildman–Crippen LogP) is 1.80. The minimum absolute atomic E-state index is 0.385. The lowest BCUT2D eigenvalue weighted by molar-refractivity contribution is 0.138. The number of aliphatic hydroxyl groups excluding tert-OH is 3. The maximum Gasteiger partial charge on any atom is 0.138 e. The highest BCUT2D eigenvalue weighted by atomic mass is 16.3. The van der Waals surface area contributed by atoms with Gasteiger partial charge in [-0.15, -0.1) is 6.42 Å². The van der Waals surface area contributed by atoms with Crippen molar-refractivity contribution in [1.82, 2.24) is 0 Å². The first-order valence-corrected chi connectivity index (χ1v) is 8.42. The van der Waals surface area contributed by atoms with Crippen LogP contribution >= 0.6 is 0 Å². The summed E-state index contributed by atoms with van der Waals surface area (Å²) in [6.07, 6.45) is 15.0. The topological polar surface area (TPSA) is 60.7 Å². The van der Waals surface area contributed by atoms with Gasteiger partial charge in [0.2, 0.25) is 0 Å². The maximum absolute atomic E-state index is 9.71. The van der Waals surface area contributed by atoms with E-state index >= 15 is 0 Å². The Morgan fingerprint density at radius 3 is 2.35 bits per heavy atom. The van der Waals surface area contributed by atoms with Crippen molar-refractivity contribution >= 4 is 0 Å². The van der Waals surface area contributed by atoms with E-state index in [1.165, 1.54) is 0 Å². The zero-order valence-electron chi connectivity index (χ0n) is 14.8. The molecule has 3 nitrogen and oxygen atoms in total. The molecule has 134 valence electrons. The van der Waals surface area contributed by atoms with Crippen LogP contribution in [0.25, 0.3) is 0 Å². The Morgan fingerprint density at radius 1 is 0.923 bits per heavy atom. The highest BCUT2D eigenvalue weighted by molar-refractivity contribution is 5.31. The summed E-state index contributed by atoms with van der Waals surface area (Å²) in [4.78, 5) is 0. The van der Waals surface area contributed by atoms with Gasteiger partial charge in [-0.1, -0.05) is 35.7 Å². The minimum Gasteiger partial charge on any atom is -0.393 e. The predicted molar refractivity (Wildman–Crippen MR) is 105 cm³/mol. The Balaban J connectivity index is 3.85. The highest BCUT2D eigenvalue weighted by Gasteiger charge is 1.96. The van der Waals surface area contributed by atoms with Crippen molar-refractivity contribution in [2.75, 3.05) is 6.61 Å². The lowest BCUT2D eigenvalue weighted by Crippen LogP contribution is -2.07. The molecule has 0 aromatic carbocycles. The normalized spacial score (nSPS) is 11.6. The van der Waals surface area contributed by atoms with E-state index in [-0.39, 0.29) is 6.61 Å². The molecular formula is C23H24O3. The van der Waals surface area contributed by atoms with Crippen LogP contribution in [0.1, 0.15) is 38.5 Å². The molecule has 0 saturated heterocycles. The molecular weight excluding hydrogens is 324 g/mol. The minimum atomic E-state index is -1.03. The molecule has 0 saturated carbocycles. The van der Waals surface area contributed by atoms with Gasteiger partial charge < -0.3 is 15.3 Å². The largest absolute Gasteiger partial charge is 0.393 e. The molecule has 0 aliphatic rings. The molecule has 0 radical (unpaired) electrons. The molecule has 0 fully saturated rings. The summed E-state index contributed by atoms with van der Waals surface area (Å²) in [6.45, 7) is -0.385. The van der Waals surface area contributed by atoms with E-state index in [1.807, 2.05) is 6.08 Å². The van der Waals surface area contributed by atoms with Gasteiger partial charge in [-0.05, 0) is 67.6 Å². The summed E-state index contributed by atoms with van der Waals surface area (Å²) in [5.41, 5.74) is 0. The van der Waals surface area contributed by atoms with Crippen molar-refractivity contribution in [2.24, 2.45) is 0 Å². The molecule has 0 aliphatic heterocycles. The van der Waals surface area contributed by atoms with Crippen molar-refractivity contribution < 1.29 is 15.3 Å². The second kappa shape index (κ2) is 18.5. The molecule has 3 N–H and O–H groups in total. The van der Waals surface area contributed by atoms with Gasteiger partial charge in [0.1, 0.15) is 6.10 Å². The lowest BCUT2D eigenvalue weighted by Gasteiger charge is -2.01. The standard InChI is InChI=1S/C23H24O3/c1-2-3-4-12-15-18-22(25)19-16-13-10-8-6-5-7-9-11-14-17-20-23(26)21-24/h1,3-4,16,19,22-26H,5,7,9,12,15,18,21H2/b4-3-,19-16-/t22-,23+/m1/s1. The van der Waals surface area contributed by atoms with Crippen molar-refractivity contribution in [1.29, 1.82) is 0 Å². The van der Waals surface area contributed by atoms with E-state index in [0.29, 0.717) is 19.3 Å². The van der Waals surface area contributed by atoms with Gasteiger partial charge >= 0.3 is 0 Å². The number of hydrogen-bond donors (Lipinski definition) is 3. The molecule has 0 unspecified atom stereocenters. The molecule has 0 amide bonds. The van der Waals surface area contributed by atoms with Crippen LogP contribution in [0.15, 0.2) is 24.3 Å². The van der Waals surface area contributed by atoms with Crippen LogP contribution in [0.3, 0.4) is 0 Å². The van der Waals surface area contributed by atoms with Gasteiger partial charge in [0.05, 0.1) is 12.7 Å². The third-order valence-electron chi connectivity index (χ3n) is 2.88. The summed E-state index contributed by atoms with van der Waals surface area (Å²) in [5, 5.41) is 27.2. The second-order valence-electron chi connectivity index (χ2n) is 5.12. The summed E-state index contributed by atoms with van der Waals surface area (Å²) in [7, 11) is 0. The number of allylic oxidation sites excluding steroid dienone is 3. The third kappa shape index (κ3) is 17.5. The Labute approximate surface area is 157 Å². The van der Waals surface area contributed by atoms with Crippen LogP contribution in [0.5, 0.6) is 0 Å². The summed E-state index contributed by atoms with van der Waals surface area (Å²) in [5.74, 6) is 23.9. The molecule has 0 aliphatic carbocycles. The van der Waals surface area contributed by atoms with E-state index in [4.69, 9.17) is 16.6 Å². The average molecular weight is 348 g/mol. The quantitative estimate of drug-likeness (QED) is 0.463. The molecule has 2 atom stereocenters. The van der Waals surface area contributed by atoms with Gasteiger partial charge in [-0.3, -0.25) is 0 Å². The summed E-state index contributed by atoms with van der Waals surface area (Å²) < 4.78 is 0. The first kappa shape index (κ1) is 23.2. The number of aliphatic hydroxyl groups is 3. The van der Waals surface area contributed by atoms with Crippen LogP contribution < -0.4 is 0 Å². The number of rotatable bonds is 8. The number of terminal acetylenes is 1. The second-order valence-corrected chi connectivity index (χ2v) is 5.12. The zero-order valence-corrected chi connectivity index (χ0v) is 14.8. The summed E-state index contributed by atoms with van der Waals surface area (Å²) >= 11 is 0. The Kier molecular flexibility index (Phi) is 16.5. The van der Waals surface area contributed by atoms with Gasteiger partial charge in [-0.25, -0.2) is 0 Å². The Bertz CT molecular complexity index is 722. The van der Waals surface area contributed by atoms with Crippen molar-refractivity contribution in [3.8, 4) is 59.7 Å². The monoisotopic (exact) mass is 348 g/mol. The van der Waals surface area contributed by atoms with E-state index in [9.17, 15) is 5.11 Å². The van der Waals surface area contributed by atoms with Crippen LogP contribution in [0.2, 0.25) is 0 Å². The summed E-state index contributed by atoms with van der Waals surface area (Å²) in [6, 6.07) is 0. The molecule has 0 rings (SSSR count). The maximum atomic E-state index is 9.71. The first-order valence-electron chi connectivity index (χ1n) is 8.42. The van der Waals surface area contributed by atoms with Gasteiger partial charge in [0.15, 0.2) is 0 Å². The van der Waals surface area contributed by atoms with Crippen LogP contribution in [0.4, 0.5) is 0 Å². The van der Waals surface area contributed by atoms with Gasteiger partial charge in [-0.2, -0.15) is 0 Å². The van der Waals surface area contributed by atoms with Crippen LogP contribution in [-0.4, -0.2) is 34.1 Å². The van der Waals surface area contributed by atoms with E-state index in [1.54, 1.807) is 18.2 Å². The Hall–Kier alpha value is -2.84. The molecule has 26 heavy (non-hydrogen) atoms. The molecule has 0 bridgehead atoms. The van der Waals surface area contributed by atoms with Crippen LogP contribution in [0, 0.1) is 59.7 Å². The highest BCUT2D eigenvalue weighted by Crippen LogP contribution is 2.02.